The smallest absolute Gasteiger partial charge is 0.338 e. The number of ether oxygens (including phenoxy) is 2. The molecule has 0 aliphatic rings. The molecule has 0 bridgehead atoms. The number of anilines is 5. The Morgan fingerprint density at radius 2 is 0.948 bits per heavy atom. The lowest BCUT2D eigenvalue weighted by Gasteiger charge is -2.41. The summed E-state index contributed by atoms with van der Waals surface area (Å²) in [6, 6.07) is 14.7. The van der Waals surface area contributed by atoms with E-state index in [1.165, 1.54) is 0 Å². The van der Waals surface area contributed by atoms with E-state index >= 15 is 0 Å². The second-order valence-electron chi connectivity index (χ2n) is 15.8. The minimum absolute atomic E-state index is 0. The van der Waals surface area contributed by atoms with E-state index in [4.69, 9.17) is 21.8 Å². The maximum absolute atomic E-state index is 12.4. The average molecular weight is 879 g/mol. The molecule has 3 rings (SSSR count). The molecule has 0 spiro atoms. The number of nitrogens with zero attached hydrogens (tertiary/aromatic N) is 3. The van der Waals surface area contributed by atoms with Crippen LogP contribution in [0.25, 0.3) is 0 Å². The summed E-state index contributed by atoms with van der Waals surface area (Å²) in [7, 11) is -8.72. The largest absolute Gasteiger partial charge is 0.462 e. The number of hydrogen-bond donors (Lipinski definition) is 3. The van der Waals surface area contributed by atoms with E-state index < -0.39 is 33.8 Å². The summed E-state index contributed by atoms with van der Waals surface area (Å²) in [5, 5.41) is 9.84. The molecule has 58 heavy (non-hydrogen) atoms. The van der Waals surface area contributed by atoms with Gasteiger partial charge in [0.1, 0.15) is 0 Å². The second-order valence-corrected chi connectivity index (χ2v) is 32.3. The quantitative estimate of drug-likeness (QED) is 0.0470. The molecule has 1 heterocycles. The number of esters is 2. The predicted molar refractivity (Wildman–Crippen MR) is 254 cm³/mol. The maximum atomic E-state index is 12.4. The molecule has 17 heteroatoms. The van der Waals surface area contributed by atoms with E-state index in [1.54, 1.807) is 48.5 Å². The monoisotopic (exact) mass is 879 g/mol. The minimum atomic E-state index is -2.59. The molecule has 2 aromatic carbocycles. The van der Waals surface area contributed by atoms with Gasteiger partial charge in [-0.15, -0.1) is 0 Å². The molecule has 1 aromatic heterocycles. The summed E-state index contributed by atoms with van der Waals surface area (Å²) >= 11 is 0. The molecule has 1 atom stereocenters. The van der Waals surface area contributed by atoms with Gasteiger partial charge >= 0.3 is 29.1 Å². The third kappa shape index (κ3) is 21.5. The number of benzene rings is 2. The van der Waals surface area contributed by atoms with Crippen molar-refractivity contribution in [2.45, 2.75) is 141 Å². The van der Waals surface area contributed by atoms with E-state index in [0.29, 0.717) is 60.1 Å². The van der Waals surface area contributed by atoms with Crippen LogP contribution in [0.3, 0.4) is 0 Å². The number of carbonyl (C=O) groups excluding carboxylic acids is 2. The number of nitrogens with one attached hydrogen (secondary N) is 3. The Labute approximate surface area is 356 Å². The summed E-state index contributed by atoms with van der Waals surface area (Å²) in [6.07, 6.45) is 4.31. The zero-order valence-corrected chi connectivity index (χ0v) is 38.2. The van der Waals surface area contributed by atoms with Crippen LogP contribution >= 0.6 is 0 Å². The summed E-state index contributed by atoms with van der Waals surface area (Å²) in [5.74, 6) is 0.246. The van der Waals surface area contributed by atoms with E-state index in [9.17, 15) is 9.59 Å². The average Bonchev–Trinajstić information content (AvgIpc) is 3.05. The first-order valence-corrected chi connectivity index (χ1v) is 31.1. The lowest BCUT2D eigenvalue weighted by atomic mass is 10.2. The fraction of sp³-hybridized carbons (Fsp3) is 0.585. The number of rotatable bonds is 23. The fourth-order valence-electron chi connectivity index (χ4n) is 5.65. The van der Waals surface area contributed by atoms with Crippen molar-refractivity contribution < 1.29 is 31.4 Å². The Morgan fingerprint density at radius 1 is 0.552 bits per heavy atom. The third-order valence-electron chi connectivity index (χ3n) is 7.48. The Bertz CT molecular complexity index is 1550. The van der Waals surface area contributed by atoms with Gasteiger partial charge in [0, 0.05) is 17.9 Å². The second kappa shape index (κ2) is 25.9. The Morgan fingerprint density at radius 3 is 1.33 bits per heavy atom. The highest BCUT2D eigenvalue weighted by Gasteiger charge is 2.44. The SMILES string of the molecule is C.C.C.C.CCCCOC(=O)c1ccc(Nc2nc(NCCC[Si](C)(O[Si](C)(C)C)O[Si](C)(C)O[Si](C)(C)C)nc(Nc3ccc(C(=O)OCCCC)cc3)n2)cc1. The molecule has 0 aliphatic heterocycles. The lowest BCUT2D eigenvalue weighted by Crippen LogP contribution is -2.56. The minimum Gasteiger partial charge on any atom is -0.462 e. The molecule has 0 saturated heterocycles. The number of unbranched alkanes of at least 4 members (excludes halogenated alkanes) is 2. The van der Waals surface area contributed by atoms with E-state index in [0.717, 1.165) is 38.1 Å². The highest BCUT2D eigenvalue weighted by molar-refractivity contribution is 6.89. The molecule has 330 valence electrons. The summed E-state index contributed by atoms with van der Waals surface area (Å²) < 4.78 is 30.8. The molecule has 1 unspecified atom stereocenters. The zero-order valence-electron chi connectivity index (χ0n) is 34.2. The van der Waals surface area contributed by atoms with Crippen LogP contribution in [0.4, 0.5) is 29.2 Å². The molecule has 0 radical (unpaired) electrons. The van der Waals surface area contributed by atoms with Crippen molar-refractivity contribution in [3.05, 3.63) is 59.7 Å². The first kappa shape index (κ1) is 56.6. The highest BCUT2D eigenvalue weighted by Crippen LogP contribution is 2.28. The Kier molecular flexibility index (Phi) is 25.3. The standard InChI is InChI=1S/C37H62N6O7Si4.4CH4/c1-12-14-26-46-33(44)29-17-21-31(22-18-29)39-36-41-35(42-37(43-36)40-32-23-19-30(20-24-32)34(45)47-27-15-13-2)38-25-16-28-54(11,49-52(6,7)8)50-53(9,10)48-51(3,4)5;;;;/h17-24H,12-16,25-28H2,1-11H3,(H3,38,39,40,41,42,43);4*1H4. The van der Waals surface area contributed by atoms with Gasteiger partial charge in [-0.3, -0.25) is 0 Å². The van der Waals surface area contributed by atoms with Gasteiger partial charge < -0.3 is 37.8 Å². The topological polar surface area (TPSA) is 155 Å². The van der Waals surface area contributed by atoms with Gasteiger partial charge in [-0.05, 0) is 133 Å². The zero-order chi connectivity index (χ0) is 40.0. The van der Waals surface area contributed by atoms with Crippen LogP contribution in [0.5, 0.6) is 0 Å². The van der Waals surface area contributed by atoms with E-state index in [-0.39, 0.29) is 41.6 Å². The maximum Gasteiger partial charge on any atom is 0.338 e. The summed E-state index contributed by atoms with van der Waals surface area (Å²) in [5.41, 5.74) is 2.30. The van der Waals surface area contributed by atoms with Crippen molar-refractivity contribution in [1.82, 2.24) is 15.0 Å². The van der Waals surface area contributed by atoms with Crippen LogP contribution in [-0.4, -0.2) is 80.4 Å². The van der Waals surface area contributed by atoms with Gasteiger partial charge in [0.2, 0.25) is 17.8 Å². The first-order chi connectivity index (χ1) is 25.3. The normalized spacial score (nSPS) is 12.3. The van der Waals surface area contributed by atoms with Gasteiger partial charge in [-0.2, -0.15) is 15.0 Å². The van der Waals surface area contributed by atoms with Gasteiger partial charge in [0.15, 0.2) is 16.6 Å². The molecular formula is C41H78N6O7Si4. The Balaban J connectivity index is 0. The van der Waals surface area contributed by atoms with Gasteiger partial charge in [0.25, 0.3) is 0 Å². The number of hydrogen-bond acceptors (Lipinski definition) is 13. The van der Waals surface area contributed by atoms with Crippen LogP contribution in [-0.2, 0) is 21.8 Å². The fourth-order valence-corrected chi connectivity index (χ4v) is 23.6. The molecule has 0 fully saturated rings. The van der Waals surface area contributed by atoms with Gasteiger partial charge in [-0.25, -0.2) is 9.59 Å². The van der Waals surface area contributed by atoms with Crippen molar-refractivity contribution >= 4 is 74.9 Å². The lowest BCUT2D eigenvalue weighted by molar-refractivity contribution is 0.0490. The highest BCUT2D eigenvalue weighted by atomic mass is 28.5. The van der Waals surface area contributed by atoms with Crippen LogP contribution in [0.15, 0.2) is 48.5 Å². The van der Waals surface area contributed by atoms with Crippen molar-refractivity contribution in [2.24, 2.45) is 0 Å². The number of aromatic nitrogens is 3. The third-order valence-corrected chi connectivity index (χ3v) is 21.0. The molecular weight excluding hydrogens is 801 g/mol. The van der Waals surface area contributed by atoms with Crippen LogP contribution in [0.2, 0.25) is 65.0 Å². The molecule has 3 N–H and O–H groups in total. The van der Waals surface area contributed by atoms with Crippen molar-refractivity contribution in [1.29, 1.82) is 0 Å². The van der Waals surface area contributed by atoms with Crippen LogP contribution in [0.1, 0.15) is 96.4 Å². The van der Waals surface area contributed by atoms with Gasteiger partial charge in [-0.1, -0.05) is 56.4 Å². The van der Waals surface area contributed by atoms with Gasteiger partial charge in [0.05, 0.1) is 24.3 Å². The van der Waals surface area contributed by atoms with E-state index in [1.807, 2.05) is 13.8 Å². The summed E-state index contributed by atoms with van der Waals surface area (Å²) in [4.78, 5) is 38.8. The molecule has 0 saturated carbocycles. The van der Waals surface area contributed by atoms with Crippen molar-refractivity contribution in [2.75, 3.05) is 35.7 Å². The molecule has 13 nitrogen and oxygen atoms in total. The Hall–Kier alpha value is -3.46. The molecule has 0 amide bonds. The predicted octanol–water partition coefficient (Wildman–Crippen LogP) is 12.1. The van der Waals surface area contributed by atoms with E-state index in [2.05, 4.69) is 89.8 Å². The van der Waals surface area contributed by atoms with Crippen molar-refractivity contribution in [3.63, 3.8) is 0 Å². The van der Waals surface area contributed by atoms with Crippen LogP contribution < -0.4 is 16.0 Å². The summed E-state index contributed by atoms with van der Waals surface area (Å²) in [6.45, 7) is 25.0. The number of carbonyl (C=O) groups is 2. The van der Waals surface area contributed by atoms with Crippen LogP contribution in [0, 0.1) is 0 Å². The molecule has 3 aromatic rings. The molecule has 0 aliphatic carbocycles. The van der Waals surface area contributed by atoms with Crippen molar-refractivity contribution in [3.8, 4) is 0 Å². The first-order valence-electron chi connectivity index (χ1n) is 19.0.